The number of aryl methyl sites for hydroxylation is 1. The van der Waals surface area contributed by atoms with Gasteiger partial charge in [-0.25, -0.2) is 18.1 Å². The van der Waals surface area contributed by atoms with Crippen molar-refractivity contribution in [1.29, 1.82) is 0 Å². The molecule has 0 spiro atoms. The van der Waals surface area contributed by atoms with Crippen molar-refractivity contribution >= 4 is 15.5 Å². The van der Waals surface area contributed by atoms with Crippen LogP contribution in [0.5, 0.6) is 0 Å². The molecule has 1 aromatic carbocycles. The van der Waals surface area contributed by atoms with E-state index in [1.54, 1.807) is 0 Å². The first-order valence-electron chi connectivity index (χ1n) is 5.58. The number of rotatable bonds is 2. The molecule has 0 aliphatic heterocycles. The first kappa shape index (κ1) is 15.3. The van der Waals surface area contributed by atoms with Gasteiger partial charge in [0, 0.05) is 18.9 Å². The standard InChI is InChI=1S/C11H11F3N4O2S/c1-18-10(11(12,13)14)16-9(17-18)6-3-4-7(15)8(5-6)21(2,19)20/h3-5H,15H2,1-2H3. The van der Waals surface area contributed by atoms with Crippen molar-refractivity contribution in [2.75, 3.05) is 12.0 Å². The highest BCUT2D eigenvalue weighted by Crippen LogP contribution is 2.30. The van der Waals surface area contributed by atoms with Crippen molar-refractivity contribution in [3.8, 4) is 11.4 Å². The summed E-state index contributed by atoms with van der Waals surface area (Å²) >= 11 is 0. The Labute approximate surface area is 118 Å². The molecule has 0 bridgehead atoms. The normalized spacial score (nSPS) is 12.6. The summed E-state index contributed by atoms with van der Waals surface area (Å²) in [4.78, 5) is 3.22. The van der Waals surface area contributed by atoms with Crippen LogP contribution in [0.2, 0.25) is 0 Å². The van der Waals surface area contributed by atoms with Gasteiger partial charge in [-0.2, -0.15) is 18.3 Å². The maximum atomic E-state index is 12.7. The second-order valence-corrected chi connectivity index (χ2v) is 6.39. The number of nitrogens with two attached hydrogens (primary N) is 1. The Morgan fingerprint density at radius 3 is 2.38 bits per heavy atom. The predicted molar refractivity (Wildman–Crippen MR) is 69.0 cm³/mol. The number of nitrogens with zero attached hydrogens (tertiary/aromatic N) is 3. The summed E-state index contributed by atoms with van der Waals surface area (Å²) in [6, 6.07) is 3.80. The molecule has 0 aliphatic rings. The Balaban J connectivity index is 2.59. The zero-order chi connectivity index (χ0) is 16.0. The molecule has 0 saturated carbocycles. The van der Waals surface area contributed by atoms with Crippen LogP contribution in [0.3, 0.4) is 0 Å². The van der Waals surface area contributed by atoms with Gasteiger partial charge in [-0.3, -0.25) is 0 Å². The second-order valence-electron chi connectivity index (χ2n) is 4.41. The third kappa shape index (κ3) is 2.99. The number of hydrogen-bond acceptors (Lipinski definition) is 5. The SMILES string of the molecule is Cn1nc(-c2ccc(N)c(S(C)(=O)=O)c2)nc1C(F)(F)F. The minimum Gasteiger partial charge on any atom is -0.398 e. The van der Waals surface area contributed by atoms with E-state index in [1.165, 1.54) is 12.1 Å². The van der Waals surface area contributed by atoms with Gasteiger partial charge in [0.05, 0.1) is 10.6 Å². The lowest BCUT2D eigenvalue weighted by Gasteiger charge is -2.04. The van der Waals surface area contributed by atoms with E-state index in [0.717, 1.165) is 19.4 Å². The fourth-order valence-corrected chi connectivity index (χ4v) is 2.59. The molecule has 0 atom stereocenters. The van der Waals surface area contributed by atoms with Crippen LogP contribution in [-0.2, 0) is 23.1 Å². The van der Waals surface area contributed by atoms with Crippen molar-refractivity contribution < 1.29 is 21.6 Å². The smallest absolute Gasteiger partial charge is 0.398 e. The van der Waals surface area contributed by atoms with Crippen LogP contribution in [0.4, 0.5) is 18.9 Å². The number of hydrogen-bond donors (Lipinski definition) is 1. The van der Waals surface area contributed by atoms with Crippen molar-refractivity contribution in [2.45, 2.75) is 11.1 Å². The number of aromatic nitrogens is 3. The molecule has 10 heteroatoms. The second kappa shape index (κ2) is 4.72. The molecule has 114 valence electrons. The minimum atomic E-state index is -4.65. The van der Waals surface area contributed by atoms with E-state index in [-0.39, 0.29) is 22.0 Å². The maximum Gasteiger partial charge on any atom is 0.451 e. The monoisotopic (exact) mass is 320 g/mol. The number of anilines is 1. The van der Waals surface area contributed by atoms with Crippen LogP contribution in [0.25, 0.3) is 11.4 Å². The number of alkyl halides is 3. The largest absolute Gasteiger partial charge is 0.451 e. The van der Waals surface area contributed by atoms with Crippen LogP contribution in [0.1, 0.15) is 5.82 Å². The molecule has 0 fully saturated rings. The fourth-order valence-electron chi connectivity index (χ4n) is 1.75. The van der Waals surface area contributed by atoms with Gasteiger partial charge in [0.25, 0.3) is 0 Å². The van der Waals surface area contributed by atoms with Gasteiger partial charge < -0.3 is 5.73 Å². The first-order chi connectivity index (χ1) is 9.50. The summed E-state index contributed by atoms with van der Waals surface area (Å²) in [5.41, 5.74) is 5.70. The Hall–Kier alpha value is -2.10. The Morgan fingerprint density at radius 1 is 1.29 bits per heavy atom. The van der Waals surface area contributed by atoms with E-state index in [1.807, 2.05) is 0 Å². The zero-order valence-corrected chi connectivity index (χ0v) is 11.8. The van der Waals surface area contributed by atoms with Gasteiger partial charge in [-0.1, -0.05) is 0 Å². The molecule has 1 heterocycles. The number of nitrogen functional groups attached to an aromatic ring is 1. The van der Waals surface area contributed by atoms with Gasteiger partial charge >= 0.3 is 6.18 Å². The van der Waals surface area contributed by atoms with E-state index in [4.69, 9.17) is 5.73 Å². The van der Waals surface area contributed by atoms with Crippen molar-refractivity contribution in [3.63, 3.8) is 0 Å². The lowest BCUT2D eigenvalue weighted by molar-refractivity contribution is -0.147. The average Bonchev–Trinajstić information content (AvgIpc) is 2.70. The topological polar surface area (TPSA) is 90.9 Å². The minimum absolute atomic E-state index is 0.00762. The number of sulfone groups is 1. The highest BCUT2D eigenvalue weighted by Gasteiger charge is 2.37. The van der Waals surface area contributed by atoms with E-state index in [0.29, 0.717) is 4.68 Å². The first-order valence-corrected chi connectivity index (χ1v) is 7.47. The molecule has 2 rings (SSSR count). The van der Waals surface area contributed by atoms with Crippen molar-refractivity contribution in [2.24, 2.45) is 7.05 Å². The summed E-state index contributed by atoms with van der Waals surface area (Å²) in [5, 5.41) is 3.65. The summed E-state index contributed by atoms with van der Waals surface area (Å²) in [7, 11) is -2.50. The van der Waals surface area contributed by atoms with Crippen molar-refractivity contribution in [3.05, 3.63) is 24.0 Å². The molecule has 0 amide bonds. The molecule has 0 aliphatic carbocycles. The third-order valence-corrected chi connectivity index (χ3v) is 3.84. The quantitative estimate of drug-likeness (QED) is 0.847. The van der Waals surface area contributed by atoms with Crippen LogP contribution >= 0.6 is 0 Å². The van der Waals surface area contributed by atoms with Crippen molar-refractivity contribution in [1.82, 2.24) is 14.8 Å². The Morgan fingerprint density at radius 2 is 1.90 bits per heavy atom. The fraction of sp³-hybridized carbons (Fsp3) is 0.273. The molecule has 2 aromatic rings. The summed E-state index contributed by atoms with van der Waals surface area (Å²) in [5.74, 6) is -1.40. The van der Waals surface area contributed by atoms with Gasteiger partial charge in [0.15, 0.2) is 15.7 Å². The number of halogens is 3. The van der Waals surface area contributed by atoms with Gasteiger partial charge in [-0.15, -0.1) is 0 Å². The van der Waals surface area contributed by atoms with Gasteiger partial charge in [-0.05, 0) is 18.2 Å². The van der Waals surface area contributed by atoms with E-state index < -0.39 is 21.8 Å². The molecule has 6 nitrogen and oxygen atoms in total. The average molecular weight is 320 g/mol. The lowest BCUT2D eigenvalue weighted by atomic mass is 10.2. The van der Waals surface area contributed by atoms with Gasteiger partial charge in [0.1, 0.15) is 0 Å². The molecule has 0 radical (unpaired) electrons. The Bertz CT molecular complexity index is 796. The van der Waals surface area contributed by atoms with Crippen LogP contribution in [0, 0.1) is 0 Å². The highest BCUT2D eigenvalue weighted by atomic mass is 32.2. The van der Waals surface area contributed by atoms with E-state index >= 15 is 0 Å². The number of benzene rings is 1. The molecule has 21 heavy (non-hydrogen) atoms. The zero-order valence-electron chi connectivity index (χ0n) is 11.0. The summed E-state index contributed by atoms with van der Waals surface area (Å²) in [6.07, 6.45) is -3.69. The predicted octanol–water partition coefficient (Wildman–Crippen LogP) is 1.49. The molecule has 0 unspecified atom stereocenters. The highest BCUT2D eigenvalue weighted by molar-refractivity contribution is 7.90. The Kier molecular flexibility index (Phi) is 3.44. The lowest BCUT2D eigenvalue weighted by Crippen LogP contribution is -2.13. The molecule has 2 N–H and O–H groups in total. The molecular formula is C11H11F3N4O2S. The maximum absolute atomic E-state index is 12.7. The van der Waals surface area contributed by atoms with Crippen LogP contribution in [0.15, 0.2) is 23.1 Å². The van der Waals surface area contributed by atoms with Gasteiger partial charge in [0.2, 0.25) is 5.82 Å². The summed E-state index contributed by atoms with van der Waals surface area (Å²) in [6.45, 7) is 0. The molecule has 0 saturated heterocycles. The van der Waals surface area contributed by atoms with Crippen LogP contribution in [-0.4, -0.2) is 29.4 Å². The van der Waals surface area contributed by atoms with E-state index in [2.05, 4.69) is 10.1 Å². The molecule has 1 aromatic heterocycles. The van der Waals surface area contributed by atoms with Crippen LogP contribution < -0.4 is 5.73 Å². The summed E-state index contributed by atoms with van der Waals surface area (Å²) < 4.78 is 61.7. The van der Waals surface area contributed by atoms with E-state index in [9.17, 15) is 21.6 Å². The molecular weight excluding hydrogens is 309 g/mol. The third-order valence-electron chi connectivity index (χ3n) is 2.69.